The summed E-state index contributed by atoms with van der Waals surface area (Å²) in [5.41, 5.74) is 0. The molecule has 2 aliphatic heterocycles. The third-order valence-corrected chi connectivity index (χ3v) is 4.28. The number of nitrogens with one attached hydrogen (secondary N) is 1. The van der Waals surface area contributed by atoms with Crippen molar-refractivity contribution in [1.29, 1.82) is 0 Å². The number of ether oxygens (including phenoxy) is 1. The molecule has 4 nitrogen and oxygen atoms in total. The van der Waals surface area contributed by atoms with Crippen LogP contribution in [0.15, 0.2) is 0 Å². The van der Waals surface area contributed by atoms with E-state index in [1.54, 1.807) is 4.90 Å². The van der Waals surface area contributed by atoms with Crippen LogP contribution in [0, 0.1) is 0 Å². The number of hydrogen-bond donors (Lipinski definition) is 1. The Bertz CT molecular complexity index is 552. The van der Waals surface area contributed by atoms with Crippen LogP contribution >= 0.6 is 0 Å². The number of alkyl halides is 9. The fourth-order valence-corrected chi connectivity index (χ4v) is 2.72. The molecule has 1 N–H and O–H groups in total. The number of amides is 1. The molecule has 26 heavy (non-hydrogen) atoms. The van der Waals surface area contributed by atoms with Crippen molar-refractivity contribution in [3.8, 4) is 0 Å². The van der Waals surface area contributed by atoms with Gasteiger partial charge in [-0.25, -0.2) is 0 Å². The van der Waals surface area contributed by atoms with Crippen LogP contribution in [0.2, 0.25) is 0 Å². The van der Waals surface area contributed by atoms with Crippen LogP contribution < -0.4 is 5.32 Å². The number of nitrogens with zero attached hydrogens (tertiary/aromatic N) is 1. The Labute approximate surface area is 141 Å². The Balaban J connectivity index is 2.10. The topological polar surface area (TPSA) is 41.6 Å². The predicted octanol–water partition coefficient (Wildman–Crippen LogP) is 2.78. The van der Waals surface area contributed by atoms with Crippen molar-refractivity contribution >= 4 is 5.91 Å². The highest BCUT2D eigenvalue weighted by molar-refractivity contribution is 5.85. The van der Waals surface area contributed by atoms with Gasteiger partial charge in [0.2, 0.25) is 0 Å². The van der Waals surface area contributed by atoms with Crippen molar-refractivity contribution in [2.45, 2.75) is 49.0 Å². The first-order valence-corrected chi connectivity index (χ1v) is 7.62. The normalized spacial score (nSPS) is 31.0. The fourth-order valence-electron chi connectivity index (χ4n) is 2.72. The minimum atomic E-state index is -6.66. The van der Waals surface area contributed by atoms with Crippen LogP contribution in [0.3, 0.4) is 0 Å². The zero-order valence-corrected chi connectivity index (χ0v) is 13.1. The summed E-state index contributed by atoms with van der Waals surface area (Å²) in [7, 11) is 0. The molecule has 0 radical (unpaired) electrons. The lowest BCUT2D eigenvalue weighted by atomic mass is 9.99. The van der Waals surface area contributed by atoms with Crippen LogP contribution in [0.25, 0.3) is 0 Å². The van der Waals surface area contributed by atoms with Gasteiger partial charge in [0.25, 0.3) is 5.91 Å². The minimum absolute atomic E-state index is 0.00464. The summed E-state index contributed by atoms with van der Waals surface area (Å²) >= 11 is 0. The van der Waals surface area contributed by atoms with Crippen LogP contribution in [0.1, 0.15) is 19.3 Å². The highest BCUT2D eigenvalue weighted by Crippen LogP contribution is 2.64. The van der Waals surface area contributed by atoms with Gasteiger partial charge in [-0.3, -0.25) is 9.53 Å². The molecular weight excluding hydrogens is 387 g/mol. The molecular formula is C13H15F9N2O2. The molecule has 0 aromatic rings. The van der Waals surface area contributed by atoms with Gasteiger partial charge in [-0.15, -0.1) is 0 Å². The van der Waals surface area contributed by atoms with Gasteiger partial charge in [-0.2, -0.15) is 39.5 Å². The Morgan fingerprint density at radius 3 is 1.96 bits per heavy atom. The van der Waals surface area contributed by atoms with Crippen molar-refractivity contribution in [2.75, 3.05) is 26.2 Å². The molecule has 2 saturated heterocycles. The third kappa shape index (κ3) is 2.92. The van der Waals surface area contributed by atoms with Gasteiger partial charge in [0.15, 0.2) is 0 Å². The van der Waals surface area contributed by atoms with Gasteiger partial charge in [0.05, 0.1) is 0 Å². The Kier molecular flexibility index (Phi) is 5.21. The average Bonchev–Trinajstić information content (AvgIpc) is 2.63. The van der Waals surface area contributed by atoms with E-state index in [-0.39, 0.29) is 6.54 Å². The van der Waals surface area contributed by atoms with E-state index in [1.165, 1.54) is 5.32 Å². The number of carbonyl (C=O) groups is 1. The molecule has 1 unspecified atom stereocenters. The summed E-state index contributed by atoms with van der Waals surface area (Å²) in [5, 5.41) is 1.39. The van der Waals surface area contributed by atoms with Crippen LogP contribution in [-0.4, -0.2) is 66.7 Å². The summed E-state index contributed by atoms with van der Waals surface area (Å²) in [6.07, 6.45) is -3.67. The van der Waals surface area contributed by atoms with Crippen molar-refractivity contribution in [1.82, 2.24) is 10.2 Å². The second kappa shape index (κ2) is 6.43. The predicted molar refractivity (Wildman–Crippen MR) is 68.0 cm³/mol. The number of piperidine rings is 1. The summed E-state index contributed by atoms with van der Waals surface area (Å²) < 4.78 is 122. The molecule has 0 bridgehead atoms. The molecule has 1 atom stereocenters. The molecule has 2 rings (SSSR count). The maximum Gasteiger partial charge on any atom is 0.428 e. The molecule has 0 spiro atoms. The van der Waals surface area contributed by atoms with Crippen molar-refractivity contribution in [3.05, 3.63) is 0 Å². The van der Waals surface area contributed by atoms with E-state index in [0.29, 0.717) is 13.1 Å². The second-order valence-electron chi connectivity index (χ2n) is 6.10. The molecule has 152 valence electrons. The maximum atomic E-state index is 13.9. The average molecular weight is 402 g/mol. The molecule has 0 saturated carbocycles. The molecule has 2 aliphatic rings. The molecule has 13 heteroatoms. The smallest absolute Gasteiger partial charge is 0.349 e. The number of rotatable bonds is 5. The maximum absolute atomic E-state index is 13.9. The highest BCUT2D eigenvalue weighted by Gasteiger charge is 2.96. The minimum Gasteiger partial charge on any atom is -0.349 e. The van der Waals surface area contributed by atoms with Gasteiger partial charge < -0.3 is 10.2 Å². The quantitative estimate of drug-likeness (QED) is 0.720. The molecule has 2 fully saturated rings. The SMILES string of the molecule is O=C(NCCN1CCCCC1)C(F)(F)C1(F)OC(F)(F)C(F)(F)C1(F)F. The van der Waals surface area contributed by atoms with E-state index in [4.69, 9.17) is 0 Å². The number of halogens is 9. The fraction of sp³-hybridized carbons (Fsp3) is 0.923. The molecule has 0 aromatic carbocycles. The van der Waals surface area contributed by atoms with E-state index in [2.05, 4.69) is 4.74 Å². The van der Waals surface area contributed by atoms with Gasteiger partial charge in [0, 0.05) is 13.1 Å². The van der Waals surface area contributed by atoms with Crippen LogP contribution in [0.4, 0.5) is 39.5 Å². The van der Waals surface area contributed by atoms with E-state index >= 15 is 0 Å². The molecule has 1 amide bonds. The summed E-state index contributed by atoms with van der Waals surface area (Å²) in [6, 6.07) is 0. The van der Waals surface area contributed by atoms with Gasteiger partial charge in [-0.05, 0) is 25.9 Å². The Morgan fingerprint density at radius 2 is 1.50 bits per heavy atom. The molecule has 0 aromatic heterocycles. The monoisotopic (exact) mass is 402 g/mol. The summed E-state index contributed by atoms with van der Waals surface area (Å²) in [6.45, 7) is 0.616. The van der Waals surface area contributed by atoms with E-state index in [1.807, 2.05) is 0 Å². The lowest BCUT2D eigenvalue weighted by molar-refractivity contribution is -0.367. The zero-order valence-electron chi connectivity index (χ0n) is 13.1. The summed E-state index contributed by atoms with van der Waals surface area (Å²) in [4.78, 5) is 13.1. The van der Waals surface area contributed by atoms with Gasteiger partial charge in [0.1, 0.15) is 0 Å². The zero-order chi connectivity index (χ0) is 20.0. The Morgan fingerprint density at radius 1 is 0.962 bits per heavy atom. The molecule has 2 heterocycles. The van der Waals surface area contributed by atoms with E-state index < -0.39 is 42.2 Å². The number of hydrogen-bond acceptors (Lipinski definition) is 3. The van der Waals surface area contributed by atoms with Crippen molar-refractivity contribution in [2.24, 2.45) is 0 Å². The largest absolute Gasteiger partial charge is 0.428 e. The number of likely N-dealkylation sites (tertiary alicyclic amines) is 1. The number of carbonyl (C=O) groups excluding carboxylic acids is 1. The second-order valence-corrected chi connectivity index (χ2v) is 6.10. The van der Waals surface area contributed by atoms with Crippen molar-refractivity contribution < 1.29 is 49.0 Å². The highest BCUT2D eigenvalue weighted by atomic mass is 19.4. The first kappa shape index (κ1) is 21.1. The third-order valence-electron chi connectivity index (χ3n) is 4.28. The van der Waals surface area contributed by atoms with E-state index in [0.717, 1.165) is 19.3 Å². The first-order chi connectivity index (χ1) is 11.7. The van der Waals surface area contributed by atoms with Crippen LogP contribution in [0.5, 0.6) is 0 Å². The lowest BCUT2D eigenvalue weighted by Crippen LogP contribution is -2.65. The van der Waals surface area contributed by atoms with E-state index in [9.17, 15) is 44.3 Å². The van der Waals surface area contributed by atoms with Crippen molar-refractivity contribution in [3.63, 3.8) is 0 Å². The Hall–Kier alpha value is -1.24. The summed E-state index contributed by atoms with van der Waals surface area (Å²) in [5.74, 6) is -28.2. The standard InChI is InChI=1S/C13H15F9N2O2/c14-9(15,8(25)23-4-7-24-5-2-1-3-6-24)12(20)10(16,17)11(18,19)13(21,22)26-12/h1-7H2,(H,23,25). The first-order valence-electron chi connectivity index (χ1n) is 7.62. The van der Waals surface area contributed by atoms with Crippen LogP contribution in [-0.2, 0) is 9.53 Å². The van der Waals surface area contributed by atoms with Gasteiger partial charge in [-0.1, -0.05) is 6.42 Å². The van der Waals surface area contributed by atoms with Gasteiger partial charge >= 0.3 is 29.7 Å². The lowest BCUT2D eigenvalue weighted by Gasteiger charge is -2.32. The molecule has 0 aliphatic carbocycles.